The minimum absolute atomic E-state index is 0.0490. The molecule has 8 heteroatoms. The van der Waals surface area contributed by atoms with Crippen LogP contribution in [0.25, 0.3) is 0 Å². The van der Waals surface area contributed by atoms with Gasteiger partial charge in [0.15, 0.2) is 0 Å². The van der Waals surface area contributed by atoms with Crippen molar-refractivity contribution < 1.29 is 18.7 Å². The predicted molar refractivity (Wildman–Crippen MR) is 104 cm³/mol. The summed E-state index contributed by atoms with van der Waals surface area (Å²) < 4.78 is 19.0. The molecule has 0 saturated carbocycles. The van der Waals surface area contributed by atoms with Crippen LogP contribution >= 0.6 is 11.6 Å². The number of hydrogen-bond acceptors (Lipinski definition) is 4. The number of amides is 2. The van der Waals surface area contributed by atoms with E-state index in [0.29, 0.717) is 17.2 Å². The van der Waals surface area contributed by atoms with E-state index in [1.165, 1.54) is 12.1 Å². The third kappa shape index (κ3) is 5.52. The zero-order chi connectivity index (χ0) is 19.9. The first kappa shape index (κ1) is 19.3. The molecule has 2 amide bonds. The summed E-state index contributed by atoms with van der Waals surface area (Å²) in [7, 11) is 0. The van der Waals surface area contributed by atoms with Crippen molar-refractivity contribution in [2.75, 3.05) is 10.6 Å². The van der Waals surface area contributed by atoms with Crippen LogP contribution in [0.2, 0.25) is 5.02 Å². The number of aromatic nitrogens is 1. The van der Waals surface area contributed by atoms with Crippen molar-refractivity contribution in [2.45, 2.75) is 6.42 Å². The summed E-state index contributed by atoms with van der Waals surface area (Å²) in [6, 6.07) is 14.0. The first-order chi connectivity index (χ1) is 13.5. The van der Waals surface area contributed by atoms with Gasteiger partial charge in [0.1, 0.15) is 23.7 Å². The molecule has 3 aromatic rings. The molecule has 6 nitrogen and oxygen atoms in total. The third-order valence-electron chi connectivity index (χ3n) is 3.55. The van der Waals surface area contributed by atoms with Crippen LogP contribution in [-0.2, 0) is 9.59 Å². The number of benzene rings is 2. The van der Waals surface area contributed by atoms with Crippen molar-refractivity contribution >= 4 is 34.8 Å². The van der Waals surface area contributed by atoms with Gasteiger partial charge in [-0.25, -0.2) is 4.39 Å². The average molecular weight is 400 g/mol. The number of carbonyl (C=O) groups is 2. The Balaban J connectivity index is 1.51. The Morgan fingerprint density at radius 2 is 1.46 bits per heavy atom. The Morgan fingerprint density at radius 3 is 2.11 bits per heavy atom. The second-order valence-corrected chi connectivity index (χ2v) is 6.12. The normalized spacial score (nSPS) is 10.2. The Labute approximate surface area is 165 Å². The molecule has 0 atom stereocenters. The minimum atomic E-state index is -0.655. The van der Waals surface area contributed by atoms with Crippen molar-refractivity contribution in [3.63, 3.8) is 0 Å². The molecule has 2 N–H and O–H groups in total. The summed E-state index contributed by atoms with van der Waals surface area (Å²) in [6.45, 7) is 0. The quantitative estimate of drug-likeness (QED) is 0.592. The molecule has 0 aliphatic rings. The number of nitrogens with one attached hydrogen (secondary N) is 2. The zero-order valence-corrected chi connectivity index (χ0v) is 15.2. The molecule has 0 aliphatic heterocycles. The number of carbonyl (C=O) groups excluding carboxylic acids is 2. The van der Waals surface area contributed by atoms with Gasteiger partial charge in [-0.15, -0.1) is 0 Å². The average Bonchev–Trinajstić information content (AvgIpc) is 2.67. The molecule has 0 aliphatic carbocycles. The Hall–Kier alpha value is -3.45. The fourth-order valence-corrected chi connectivity index (χ4v) is 2.40. The number of ether oxygens (including phenoxy) is 1. The van der Waals surface area contributed by atoms with E-state index in [9.17, 15) is 14.0 Å². The standard InChI is InChI=1S/C20H15ClFN3O3/c21-17-6-3-14(11-18(17)22)25-20(27)12-19(26)24-13-1-4-15(5-2-13)28-16-7-9-23-10-8-16/h1-11H,12H2,(H,24,26)(H,25,27). The van der Waals surface area contributed by atoms with Gasteiger partial charge in [-0.3, -0.25) is 14.6 Å². The van der Waals surface area contributed by atoms with E-state index in [4.69, 9.17) is 16.3 Å². The largest absolute Gasteiger partial charge is 0.457 e. The maximum Gasteiger partial charge on any atom is 0.233 e. The second-order valence-electron chi connectivity index (χ2n) is 5.71. The first-order valence-corrected chi connectivity index (χ1v) is 8.60. The highest BCUT2D eigenvalue weighted by Gasteiger charge is 2.11. The molecule has 0 bridgehead atoms. The smallest absolute Gasteiger partial charge is 0.233 e. The predicted octanol–water partition coefficient (Wildman–Crippen LogP) is 4.63. The van der Waals surface area contributed by atoms with E-state index in [0.717, 1.165) is 6.07 Å². The van der Waals surface area contributed by atoms with E-state index in [1.54, 1.807) is 48.8 Å². The van der Waals surface area contributed by atoms with Crippen LogP contribution in [-0.4, -0.2) is 16.8 Å². The Kier molecular flexibility index (Phi) is 6.18. The molecule has 0 unspecified atom stereocenters. The SMILES string of the molecule is O=C(CC(=O)Nc1ccc(Cl)c(F)c1)Nc1ccc(Oc2ccncc2)cc1. The van der Waals surface area contributed by atoms with Crippen LogP contribution in [0.4, 0.5) is 15.8 Å². The Bertz CT molecular complexity index is 982. The Morgan fingerprint density at radius 1 is 0.893 bits per heavy atom. The summed E-state index contributed by atoms with van der Waals surface area (Å²) in [5.41, 5.74) is 0.731. The molecule has 3 rings (SSSR count). The van der Waals surface area contributed by atoms with Gasteiger partial charge >= 0.3 is 0 Å². The van der Waals surface area contributed by atoms with Crippen molar-refractivity contribution in [1.29, 1.82) is 0 Å². The topological polar surface area (TPSA) is 80.3 Å². The molecule has 2 aromatic carbocycles. The summed E-state index contributed by atoms with van der Waals surface area (Å²) >= 11 is 5.58. The summed E-state index contributed by atoms with van der Waals surface area (Å²) in [5.74, 6) is -0.501. The van der Waals surface area contributed by atoms with Gasteiger partial charge < -0.3 is 15.4 Å². The summed E-state index contributed by atoms with van der Waals surface area (Å²) in [6.07, 6.45) is 2.82. The number of pyridine rings is 1. The summed E-state index contributed by atoms with van der Waals surface area (Å²) in [4.78, 5) is 27.8. The van der Waals surface area contributed by atoms with Crippen molar-refractivity contribution in [1.82, 2.24) is 4.98 Å². The lowest BCUT2D eigenvalue weighted by Gasteiger charge is -2.09. The van der Waals surface area contributed by atoms with Crippen molar-refractivity contribution in [3.05, 3.63) is 77.8 Å². The van der Waals surface area contributed by atoms with E-state index in [-0.39, 0.29) is 10.7 Å². The maximum absolute atomic E-state index is 13.4. The van der Waals surface area contributed by atoms with Crippen molar-refractivity contribution in [3.8, 4) is 11.5 Å². The van der Waals surface area contributed by atoms with Crippen LogP contribution in [0.5, 0.6) is 11.5 Å². The lowest BCUT2D eigenvalue weighted by Crippen LogP contribution is -2.21. The zero-order valence-electron chi connectivity index (χ0n) is 14.5. The molecule has 0 radical (unpaired) electrons. The minimum Gasteiger partial charge on any atom is -0.457 e. The van der Waals surface area contributed by atoms with Crippen LogP contribution in [0.15, 0.2) is 67.0 Å². The molecular formula is C20H15ClFN3O3. The first-order valence-electron chi connectivity index (χ1n) is 8.22. The number of rotatable bonds is 6. The van der Waals surface area contributed by atoms with E-state index in [2.05, 4.69) is 15.6 Å². The van der Waals surface area contributed by atoms with Gasteiger partial charge in [0.2, 0.25) is 11.8 Å². The maximum atomic E-state index is 13.4. The lowest BCUT2D eigenvalue weighted by molar-refractivity contribution is -0.123. The second kappa shape index (κ2) is 8.96. The van der Waals surface area contributed by atoms with Crippen LogP contribution < -0.4 is 15.4 Å². The highest BCUT2D eigenvalue weighted by atomic mass is 35.5. The van der Waals surface area contributed by atoms with Crippen LogP contribution in [0, 0.1) is 5.82 Å². The van der Waals surface area contributed by atoms with Crippen LogP contribution in [0.1, 0.15) is 6.42 Å². The highest BCUT2D eigenvalue weighted by molar-refractivity contribution is 6.30. The van der Waals surface area contributed by atoms with Crippen LogP contribution in [0.3, 0.4) is 0 Å². The molecule has 28 heavy (non-hydrogen) atoms. The van der Waals surface area contributed by atoms with E-state index in [1.807, 2.05) is 0 Å². The molecule has 0 saturated heterocycles. The van der Waals surface area contributed by atoms with Gasteiger partial charge in [0.05, 0.1) is 5.02 Å². The molecule has 0 spiro atoms. The number of hydrogen-bond donors (Lipinski definition) is 2. The molecule has 1 aromatic heterocycles. The highest BCUT2D eigenvalue weighted by Crippen LogP contribution is 2.22. The van der Waals surface area contributed by atoms with Gasteiger partial charge in [-0.05, 0) is 54.6 Å². The molecule has 0 fully saturated rings. The number of halogens is 2. The number of anilines is 2. The van der Waals surface area contributed by atoms with E-state index >= 15 is 0 Å². The van der Waals surface area contributed by atoms with Crippen molar-refractivity contribution in [2.24, 2.45) is 0 Å². The van der Waals surface area contributed by atoms with Gasteiger partial charge in [-0.2, -0.15) is 0 Å². The lowest BCUT2D eigenvalue weighted by atomic mass is 10.2. The third-order valence-corrected chi connectivity index (χ3v) is 3.85. The number of nitrogens with zero attached hydrogens (tertiary/aromatic N) is 1. The summed E-state index contributed by atoms with van der Waals surface area (Å²) in [5, 5.41) is 5.00. The van der Waals surface area contributed by atoms with Gasteiger partial charge in [0.25, 0.3) is 0 Å². The fourth-order valence-electron chi connectivity index (χ4n) is 2.28. The molecule has 1 heterocycles. The monoisotopic (exact) mass is 399 g/mol. The van der Waals surface area contributed by atoms with Gasteiger partial charge in [-0.1, -0.05) is 11.6 Å². The van der Waals surface area contributed by atoms with E-state index < -0.39 is 24.1 Å². The van der Waals surface area contributed by atoms with Gasteiger partial charge in [0, 0.05) is 23.8 Å². The molecular weight excluding hydrogens is 385 g/mol. The fraction of sp³-hybridized carbons (Fsp3) is 0.0500. The molecule has 142 valence electrons.